The van der Waals surface area contributed by atoms with Crippen LogP contribution in [0.4, 0.5) is 0 Å². The lowest BCUT2D eigenvalue weighted by molar-refractivity contribution is -0.143. The topological polar surface area (TPSA) is 261 Å². The number of carbonyl (C=O) groups is 4. The van der Waals surface area contributed by atoms with Crippen LogP contribution in [0.3, 0.4) is 0 Å². The van der Waals surface area contributed by atoms with E-state index < -0.39 is 54.0 Å². The Morgan fingerprint density at radius 3 is 2.08 bits per heavy atom. The molecule has 14 nitrogen and oxygen atoms in total. The molecule has 0 bridgehead atoms. The zero-order chi connectivity index (χ0) is 27.7. The molecule has 0 radical (unpaired) electrons. The molecule has 0 saturated carbocycles. The van der Waals surface area contributed by atoms with E-state index in [0.29, 0.717) is 38.1 Å². The average molecular weight is 535 g/mol. The number of nitrogens with two attached hydrogens (primary N) is 4. The third-order valence-corrected chi connectivity index (χ3v) is 5.82. The standard InChI is InChI=1S/C21H42N8O6S/c1-12(30)16(19(33)28-15(20(34)35)7-3-4-9-22)29-18(32)14(8-11-36-2)27-17(31)13(23)6-5-10-26-21(24)25/h12-16,30H,3-11,22-23H2,1-2H3,(H,27,31)(H,28,33)(H,29,32)(H,34,35)(H4,24,25,26). The Labute approximate surface area is 215 Å². The molecular weight excluding hydrogens is 492 g/mol. The van der Waals surface area contributed by atoms with Crippen molar-refractivity contribution < 1.29 is 29.4 Å². The fourth-order valence-electron chi connectivity index (χ4n) is 3.10. The molecule has 0 rings (SSSR count). The highest BCUT2D eigenvalue weighted by atomic mass is 32.2. The third kappa shape index (κ3) is 14.1. The number of aliphatic imine (C=N–C) groups is 1. The number of nitrogens with zero attached hydrogens (tertiary/aromatic N) is 1. The predicted molar refractivity (Wildman–Crippen MR) is 139 cm³/mol. The fraction of sp³-hybridized carbons (Fsp3) is 0.762. The molecule has 0 heterocycles. The van der Waals surface area contributed by atoms with Crippen molar-refractivity contribution in [2.75, 3.05) is 25.1 Å². The smallest absolute Gasteiger partial charge is 0.326 e. The van der Waals surface area contributed by atoms with Crippen molar-refractivity contribution in [1.29, 1.82) is 0 Å². The highest BCUT2D eigenvalue weighted by molar-refractivity contribution is 7.98. The van der Waals surface area contributed by atoms with Gasteiger partial charge in [0.05, 0.1) is 12.1 Å². The van der Waals surface area contributed by atoms with Crippen molar-refractivity contribution >= 4 is 41.4 Å². The lowest BCUT2D eigenvalue weighted by Gasteiger charge is -2.26. The fourth-order valence-corrected chi connectivity index (χ4v) is 3.58. The maximum Gasteiger partial charge on any atom is 0.326 e. The van der Waals surface area contributed by atoms with Crippen molar-refractivity contribution in [2.24, 2.45) is 27.9 Å². The molecule has 36 heavy (non-hydrogen) atoms. The second kappa shape index (κ2) is 18.6. The van der Waals surface area contributed by atoms with E-state index in [1.165, 1.54) is 18.7 Å². The van der Waals surface area contributed by atoms with E-state index in [-0.39, 0.29) is 25.2 Å². The van der Waals surface area contributed by atoms with Gasteiger partial charge in [-0.25, -0.2) is 4.79 Å². The number of carboxylic acid groups (broad SMARTS) is 1. The number of carboxylic acids is 1. The normalized spacial score (nSPS) is 15.0. The Hall–Kier alpha value is -2.62. The van der Waals surface area contributed by atoms with Crippen molar-refractivity contribution in [2.45, 2.75) is 75.7 Å². The molecule has 0 aliphatic rings. The van der Waals surface area contributed by atoms with E-state index in [1.54, 1.807) is 0 Å². The summed E-state index contributed by atoms with van der Waals surface area (Å²) in [5, 5.41) is 26.8. The molecule has 0 aromatic heterocycles. The van der Waals surface area contributed by atoms with Gasteiger partial charge in [-0.05, 0) is 64.0 Å². The number of unbranched alkanes of at least 4 members (excludes halogenated alkanes) is 1. The Bertz CT molecular complexity index is 735. The van der Waals surface area contributed by atoms with Crippen molar-refractivity contribution in [3.63, 3.8) is 0 Å². The molecule has 15 heteroatoms. The van der Waals surface area contributed by atoms with Crippen LogP contribution in [0.2, 0.25) is 0 Å². The number of aliphatic hydroxyl groups excluding tert-OH is 1. The first-order valence-electron chi connectivity index (χ1n) is 11.8. The van der Waals surface area contributed by atoms with Gasteiger partial charge in [0.15, 0.2) is 5.96 Å². The maximum atomic E-state index is 12.9. The van der Waals surface area contributed by atoms with Crippen LogP contribution in [0.1, 0.15) is 45.4 Å². The van der Waals surface area contributed by atoms with Crippen LogP contribution in [-0.2, 0) is 19.2 Å². The summed E-state index contributed by atoms with van der Waals surface area (Å²) in [4.78, 5) is 53.5. The van der Waals surface area contributed by atoms with Gasteiger partial charge in [-0.15, -0.1) is 0 Å². The number of carbonyl (C=O) groups excluding carboxylic acids is 3. The summed E-state index contributed by atoms with van der Waals surface area (Å²) >= 11 is 1.45. The largest absolute Gasteiger partial charge is 0.480 e. The maximum absolute atomic E-state index is 12.9. The van der Waals surface area contributed by atoms with Crippen LogP contribution in [0, 0.1) is 0 Å². The minimum absolute atomic E-state index is 0.0660. The molecule has 0 aliphatic heterocycles. The quantitative estimate of drug-likeness (QED) is 0.0463. The SMILES string of the molecule is CSCCC(NC(=O)C(N)CCCN=C(N)N)C(=O)NC(C(=O)NC(CCCCN)C(=O)O)C(C)O. The summed E-state index contributed by atoms with van der Waals surface area (Å²) in [5.74, 6) is -2.92. The molecule has 0 fully saturated rings. The van der Waals surface area contributed by atoms with Gasteiger partial charge in [-0.3, -0.25) is 19.4 Å². The monoisotopic (exact) mass is 534 g/mol. The van der Waals surface area contributed by atoms with E-state index >= 15 is 0 Å². The second-order valence-electron chi connectivity index (χ2n) is 8.31. The van der Waals surface area contributed by atoms with Crippen LogP contribution in [0.5, 0.6) is 0 Å². The first-order valence-corrected chi connectivity index (χ1v) is 13.2. The molecule has 0 aromatic carbocycles. The highest BCUT2D eigenvalue weighted by Crippen LogP contribution is 2.06. The number of nitrogens with one attached hydrogen (secondary N) is 3. The zero-order valence-corrected chi connectivity index (χ0v) is 21.8. The molecule has 0 aliphatic carbocycles. The Balaban J connectivity index is 5.25. The van der Waals surface area contributed by atoms with Crippen molar-refractivity contribution in [3.8, 4) is 0 Å². The summed E-state index contributed by atoms with van der Waals surface area (Å²) in [6.45, 7) is 1.97. The molecule has 208 valence electrons. The number of hydrogen-bond acceptors (Lipinski definition) is 9. The van der Waals surface area contributed by atoms with Crippen LogP contribution < -0.4 is 38.9 Å². The summed E-state index contributed by atoms with van der Waals surface area (Å²) in [7, 11) is 0. The summed E-state index contributed by atoms with van der Waals surface area (Å²) in [6, 6.07) is -4.57. The molecule has 5 atom stereocenters. The predicted octanol–water partition coefficient (Wildman–Crippen LogP) is -2.83. The van der Waals surface area contributed by atoms with Crippen LogP contribution >= 0.6 is 11.8 Å². The number of rotatable bonds is 19. The van der Waals surface area contributed by atoms with Crippen LogP contribution in [-0.4, -0.2) is 95.2 Å². The molecule has 0 spiro atoms. The Morgan fingerprint density at radius 1 is 0.917 bits per heavy atom. The van der Waals surface area contributed by atoms with E-state index in [0.717, 1.165) is 0 Å². The van der Waals surface area contributed by atoms with Crippen molar-refractivity contribution in [1.82, 2.24) is 16.0 Å². The number of aliphatic hydroxyl groups is 1. The van der Waals surface area contributed by atoms with Crippen LogP contribution in [0.25, 0.3) is 0 Å². The number of thioether (sulfide) groups is 1. The molecular formula is C21H42N8O6S. The molecule has 5 unspecified atom stereocenters. The van der Waals surface area contributed by atoms with Gasteiger partial charge in [0, 0.05) is 6.54 Å². The van der Waals surface area contributed by atoms with E-state index in [4.69, 9.17) is 22.9 Å². The van der Waals surface area contributed by atoms with Crippen molar-refractivity contribution in [3.05, 3.63) is 0 Å². The minimum Gasteiger partial charge on any atom is -0.480 e. The summed E-state index contributed by atoms with van der Waals surface area (Å²) in [5.41, 5.74) is 21.9. The van der Waals surface area contributed by atoms with Gasteiger partial charge >= 0.3 is 5.97 Å². The third-order valence-electron chi connectivity index (χ3n) is 5.17. The zero-order valence-electron chi connectivity index (χ0n) is 20.9. The van der Waals surface area contributed by atoms with Gasteiger partial charge in [0.1, 0.15) is 18.1 Å². The lowest BCUT2D eigenvalue weighted by atomic mass is 10.1. The van der Waals surface area contributed by atoms with E-state index in [1.807, 2.05) is 6.26 Å². The van der Waals surface area contributed by atoms with Gasteiger partial charge in [0.2, 0.25) is 17.7 Å². The first-order chi connectivity index (χ1) is 16.9. The number of amides is 3. The average Bonchev–Trinajstić information content (AvgIpc) is 2.81. The van der Waals surface area contributed by atoms with Gasteiger partial charge in [-0.2, -0.15) is 11.8 Å². The van der Waals surface area contributed by atoms with Crippen LogP contribution in [0.15, 0.2) is 4.99 Å². The molecule has 0 saturated heterocycles. The summed E-state index contributed by atoms with van der Waals surface area (Å²) in [6.07, 6.45) is 2.68. The first kappa shape index (κ1) is 33.4. The van der Waals surface area contributed by atoms with Gasteiger partial charge in [-0.1, -0.05) is 0 Å². The van der Waals surface area contributed by atoms with E-state index in [9.17, 15) is 29.4 Å². The summed E-state index contributed by atoms with van der Waals surface area (Å²) < 4.78 is 0. The second-order valence-corrected chi connectivity index (χ2v) is 9.29. The highest BCUT2D eigenvalue weighted by Gasteiger charge is 2.32. The number of hydrogen-bond donors (Lipinski definition) is 9. The number of guanidine groups is 1. The molecule has 13 N–H and O–H groups in total. The van der Waals surface area contributed by atoms with Gasteiger partial charge < -0.3 is 49.1 Å². The van der Waals surface area contributed by atoms with E-state index in [2.05, 4.69) is 20.9 Å². The minimum atomic E-state index is -1.43. The number of aliphatic carboxylic acids is 1. The molecule has 3 amide bonds. The van der Waals surface area contributed by atoms with Gasteiger partial charge in [0.25, 0.3) is 0 Å². The molecule has 0 aromatic rings. The lowest BCUT2D eigenvalue weighted by Crippen LogP contribution is -2.59. The Kier molecular flexibility index (Phi) is 17.3. The Morgan fingerprint density at radius 2 is 1.56 bits per heavy atom.